The molecule has 1 saturated heterocycles. The lowest BCUT2D eigenvalue weighted by Crippen LogP contribution is -2.21. The number of rotatable bonds is 6. The number of ether oxygens (including phenoxy) is 2. The van der Waals surface area contributed by atoms with Crippen LogP contribution in [-0.2, 0) is 25.6 Å². The summed E-state index contributed by atoms with van der Waals surface area (Å²) in [6, 6.07) is 19.8. The lowest BCUT2D eigenvalue weighted by atomic mass is 10.1. The zero-order valence-electron chi connectivity index (χ0n) is 15.7. The van der Waals surface area contributed by atoms with Gasteiger partial charge in [-0.15, -0.1) is 0 Å². The van der Waals surface area contributed by atoms with Crippen molar-refractivity contribution in [1.82, 2.24) is 9.78 Å². The highest BCUT2D eigenvalue weighted by molar-refractivity contribution is 5.90. The maximum atomic E-state index is 12.1. The Hall–Kier alpha value is -3.67. The molecule has 0 unspecified atom stereocenters. The van der Waals surface area contributed by atoms with E-state index in [-0.39, 0.29) is 6.61 Å². The van der Waals surface area contributed by atoms with Crippen LogP contribution in [0, 0.1) is 0 Å². The summed E-state index contributed by atoms with van der Waals surface area (Å²) in [6.07, 6.45) is 4.45. The molecule has 2 aromatic carbocycles. The molecule has 3 aromatic rings. The normalized spacial score (nSPS) is 16.1. The molecule has 1 aliphatic rings. The van der Waals surface area contributed by atoms with Crippen molar-refractivity contribution >= 4 is 18.0 Å². The maximum Gasteiger partial charge on any atom is 0.347 e. The van der Waals surface area contributed by atoms with Crippen molar-refractivity contribution < 1.29 is 19.1 Å². The van der Waals surface area contributed by atoms with Crippen molar-refractivity contribution in [1.29, 1.82) is 0 Å². The van der Waals surface area contributed by atoms with Gasteiger partial charge in [0.1, 0.15) is 0 Å². The molecule has 0 aliphatic carbocycles. The van der Waals surface area contributed by atoms with E-state index in [0.717, 1.165) is 22.4 Å². The summed E-state index contributed by atoms with van der Waals surface area (Å²) in [5.41, 5.74) is 3.64. The van der Waals surface area contributed by atoms with Crippen molar-refractivity contribution in [3.63, 3.8) is 0 Å². The molecular formula is C23H20N2O4. The number of hydrogen-bond acceptors (Lipinski definition) is 5. The van der Waals surface area contributed by atoms with Crippen LogP contribution in [0.5, 0.6) is 0 Å². The molecule has 6 heteroatoms. The predicted octanol–water partition coefficient (Wildman–Crippen LogP) is 3.47. The van der Waals surface area contributed by atoms with Crippen LogP contribution >= 0.6 is 0 Å². The molecule has 0 radical (unpaired) electrons. The molecule has 0 amide bonds. The van der Waals surface area contributed by atoms with Crippen molar-refractivity contribution in [2.45, 2.75) is 19.1 Å². The van der Waals surface area contributed by atoms with E-state index in [0.29, 0.717) is 13.0 Å². The van der Waals surface area contributed by atoms with Gasteiger partial charge in [0, 0.05) is 29.8 Å². The van der Waals surface area contributed by atoms with E-state index in [1.54, 1.807) is 6.08 Å². The predicted molar refractivity (Wildman–Crippen MR) is 108 cm³/mol. The van der Waals surface area contributed by atoms with Gasteiger partial charge in [0.15, 0.2) is 0 Å². The molecule has 1 aliphatic heterocycles. The van der Waals surface area contributed by atoms with E-state index in [4.69, 9.17) is 14.6 Å². The lowest BCUT2D eigenvalue weighted by molar-refractivity contribution is -0.156. The van der Waals surface area contributed by atoms with Gasteiger partial charge in [-0.3, -0.25) is 4.68 Å². The highest BCUT2D eigenvalue weighted by atomic mass is 16.6. The smallest absolute Gasteiger partial charge is 0.347 e. The zero-order chi connectivity index (χ0) is 20.1. The molecule has 0 bridgehead atoms. The Morgan fingerprint density at radius 2 is 1.86 bits per heavy atom. The minimum Gasteiger partial charge on any atom is -0.463 e. The Morgan fingerprint density at radius 3 is 2.55 bits per heavy atom. The molecule has 1 fully saturated rings. The topological polar surface area (TPSA) is 70.4 Å². The van der Waals surface area contributed by atoms with Gasteiger partial charge in [-0.05, 0) is 11.6 Å². The van der Waals surface area contributed by atoms with Gasteiger partial charge in [-0.2, -0.15) is 5.10 Å². The first-order chi connectivity index (χ1) is 14.2. The third-order valence-electron chi connectivity index (χ3n) is 4.57. The van der Waals surface area contributed by atoms with Gasteiger partial charge in [0.05, 0.1) is 18.8 Å². The summed E-state index contributed by atoms with van der Waals surface area (Å²) in [5.74, 6) is -1.07. The average molecular weight is 388 g/mol. The van der Waals surface area contributed by atoms with Crippen LogP contribution in [0.1, 0.15) is 17.5 Å². The van der Waals surface area contributed by atoms with Crippen LogP contribution in [0.2, 0.25) is 0 Å². The fraction of sp³-hybridized carbons (Fsp3) is 0.174. The number of esters is 2. The molecular weight excluding hydrogens is 368 g/mol. The van der Waals surface area contributed by atoms with Crippen LogP contribution in [0.25, 0.3) is 17.3 Å². The molecule has 1 aromatic heterocycles. The average Bonchev–Trinajstić information content (AvgIpc) is 3.34. The Bertz CT molecular complexity index is 1030. The number of cyclic esters (lactones) is 1. The number of carbonyl (C=O) groups excluding carboxylic acids is 2. The first-order valence-electron chi connectivity index (χ1n) is 9.41. The van der Waals surface area contributed by atoms with Crippen LogP contribution < -0.4 is 0 Å². The van der Waals surface area contributed by atoms with E-state index in [9.17, 15) is 9.59 Å². The maximum absolute atomic E-state index is 12.1. The summed E-state index contributed by atoms with van der Waals surface area (Å²) in [4.78, 5) is 23.6. The number of benzene rings is 2. The SMILES string of the molecule is O=C(/C=C/c1cn(Cc2ccccc2)nc1-c1ccccc1)O[C@H]1CCOC1=O. The lowest BCUT2D eigenvalue weighted by Gasteiger charge is -2.05. The van der Waals surface area contributed by atoms with Crippen LogP contribution in [-0.4, -0.2) is 34.4 Å². The highest BCUT2D eigenvalue weighted by Gasteiger charge is 2.29. The Labute approximate surface area is 168 Å². The second kappa shape index (κ2) is 8.56. The van der Waals surface area contributed by atoms with E-state index in [1.807, 2.05) is 71.5 Å². The van der Waals surface area contributed by atoms with E-state index in [1.165, 1.54) is 6.08 Å². The monoisotopic (exact) mass is 388 g/mol. The van der Waals surface area contributed by atoms with Gasteiger partial charge in [-0.1, -0.05) is 60.7 Å². The molecule has 0 spiro atoms. The zero-order valence-corrected chi connectivity index (χ0v) is 15.7. The molecule has 146 valence electrons. The second-order valence-corrected chi connectivity index (χ2v) is 6.70. The first-order valence-corrected chi connectivity index (χ1v) is 9.41. The van der Waals surface area contributed by atoms with Crippen molar-refractivity contribution in [2.75, 3.05) is 6.61 Å². The van der Waals surface area contributed by atoms with Crippen LogP contribution in [0.4, 0.5) is 0 Å². The molecule has 0 saturated carbocycles. The van der Waals surface area contributed by atoms with Gasteiger partial charge in [0.2, 0.25) is 6.10 Å². The standard InChI is InChI=1S/C23H20N2O4/c26-21(29-20-13-14-28-23(20)27)12-11-19-16-25(15-17-7-3-1-4-8-17)24-22(19)18-9-5-2-6-10-18/h1-12,16,20H,13-15H2/b12-11+/t20-/m0/s1. The molecule has 6 nitrogen and oxygen atoms in total. The summed E-state index contributed by atoms with van der Waals surface area (Å²) >= 11 is 0. The number of hydrogen-bond donors (Lipinski definition) is 0. The fourth-order valence-corrected chi connectivity index (χ4v) is 3.15. The molecule has 4 rings (SSSR count). The van der Waals surface area contributed by atoms with Crippen molar-refractivity contribution in [3.8, 4) is 11.3 Å². The number of carbonyl (C=O) groups is 2. The first kappa shape index (κ1) is 18.7. The van der Waals surface area contributed by atoms with Gasteiger partial charge in [-0.25, -0.2) is 9.59 Å². The quantitative estimate of drug-likeness (QED) is 0.478. The van der Waals surface area contributed by atoms with Gasteiger partial charge >= 0.3 is 11.9 Å². The number of nitrogens with zero attached hydrogens (tertiary/aromatic N) is 2. The van der Waals surface area contributed by atoms with Crippen LogP contribution in [0.15, 0.2) is 72.9 Å². The summed E-state index contributed by atoms with van der Waals surface area (Å²) in [6.45, 7) is 0.901. The largest absolute Gasteiger partial charge is 0.463 e. The van der Waals surface area contributed by atoms with Crippen LogP contribution in [0.3, 0.4) is 0 Å². The van der Waals surface area contributed by atoms with E-state index in [2.05, 4.69) is 0 Å². The molecule has 1 atom stereocenters. The van der Waals surface area contributed by atoms with Gasteiger partial charge in [0.25, 0.3) is 0 Å². The Kier molecular flexibility index (Phi) is 5.52. The molecule has 29 heavy (non-hydrogen) atoms. The van der Waals surface area contributed by atoms with Crippen molar-refractivity contribution in [3.05, 3.63) is 84.1 Å². The third kappa shape index (κ3) is 4.60. The second-order valence-electron chi connectivity index (χ2n) is 6.70. The highest BCUT2D eigenvalue weighted by Crippen LogP contribution is 2.23. The summed E-state index contributed by atoms with van der Waals surface area (Å²) in [5, 5.41) is 4.71. The summed E-state index contributed by atoms with van der Waals surface area (Å²) in [7, 11) is 0. The van der Waals surface area contributed by atoms with E-state index >= 15 is 0 Å². The fourth-order valence-electron chi connectivity index (χ4n) is 3.15. The van der Waals surface area contributed by atoms with E-state index < -0.39 is 18.0 Å². The van der Waals surface area contributed by atoms with Crippen molar-refractivity contribution in [2.24, 2.45) is 0 Å². The Balaban J connectivity index is 1.57. The number of aromatic nitrogens is 2. The molecule has 0 N–H and O–H groups in total. The molecule has 2 heterocycles. The minimum atomic E-state index is -0.818. The summed E-state index contributed by atoms with van der Waals surface area (Å²) < 4.78 is 11.8. The van der Waals surface area contributed by atoms with Gasteiger partial charge < -0.3 is 9.47 Å². The Morgan fingerprint density at radius 1 is 1.14 bits per heavy atom. The third-order valence-corrected chi connectivity index (χ3v) is 4.57. The minimum absolute atomic E-state index is 0.283.